The number of benzene rings is 2. The second kappa shape index (κ2) is 11.1. The summed E-state index contributed by atoms with van der Waals surface area (Å²) in [5.74, 6) is -0.747. The highest BCUT2D eigenvalue weighted by atomic mass is 127. The van der Waals surface area contributed by atoms with Crippen LogP contribution in [-0.2, 0) is 26.2 Å². The third kappa shape index (κ3) is 7.47. The van der Waals surface area contributed by atoms with E-state index in [1.165, 1.54) is 4.90 Å². The summed E-state index contributed by atoms with van der Waals surface area (Å²) in [6.45, 7) is 7.09. The normalized spacial score (nSPS) is 12.3. The quantitative estimate of drug-likeness (QED) is 0.468. The number of amides is 2. The molecule has 0 saturated heterocycles. The average Bonchev–Trinajstić information content (AvgIpc) is 2.69. The lowest BCUT2D eigenvalue weighted by atomic mass is 10.1. The molecule has 0 aromatic heterocycles. The Bertz CT molecular complexity index is 1060. The molecule has 0 spiro atoms. The number of aryl methyl sites for hydroxylation is 1. The summed E-state index contributed by atoms with van der Waals surface area (Å²) < 4.78 is 27.0. The van der Waals surface area contributed by atoms with Gasteiger partial charge in [0.15, 0.2) is 0 Å². The Morgan fingerprint density at radius 2 is 1.69 bits per heavy atom. The van der Waals surface area contributed by atoms with E-state index >= 15 is 0 Å². The number of sulfonamides is 1. The van der Waals surface area contributed by atoms with Crippen LogP contribution in [0, 0.1) is 10.5 Å². The van der Waals surface area contributed by atoms with Gasteiger partial charge in [-0.25, -0.2) is 8.42 Å². The number of rotatable bonds is 9. The standard InChI is InChI=1S/C23H30IN3O4S/c1-16(2)25-23(29)18(4)26(14-19-8-6-7-17(3)13-19)22(28)15-27(32(5,30)31)21-11-9-20(24)10-12-21/h6-13,16,18H,14-15H2,1-5H3,(H,25,29)/t18-/m1/s1. The Kier molecular flexibility index (Phi) is 9.08. The van der Waals surface area contributed by atoms with Gasteiger partial charge < -0.3 is 10.2 Å². The summed E-state index contributed by atoms with van der Waals surface area (Å²) in [5, 5.41) is 2.83. The van der Waals surface area contributed by atoms with Crippen LogP contribution in [0.25, 0.3) is 0 Å². The topological polar surface area (TPSA) is 86.8 Å². The Morgan fingerprint density at radius 1 is 1.06 bits per heavy atom. The summed E-state index contributed by atoms with van der Waals surface area (Å²) in [6, 6.07) is 13.7. The number of nitrogens with zero attached hydrogens (tertiary/aromatic N) is 2. The van der Waals surface area contributed by atoms with Gasteiger partial charge in [-0.2, -0.15) is 0 Å². The molecule has 0 aliphatic carbocycles. The fourth-order valence-corrected chi connectivity index (χ4v) is 4.43. The van der Waals surface area contributed by atoms with E-state index in [1.807, 2.05) is 45.0 Å². The highest BCUT2D eigenvalue weighted by Crippen LogP contribution is 2.20. The molecule has 0 heterocycles. The maximum Gasteiger partial charge on any atom is 0.244 e. The van der Waals surface area contributed by atoms with Gasteiger partial charge in [0.05, 0.1) is 11.9 Å². The number of hydrogen-bond acceptors (Lipinski definition) is 4. The molecule has 1 N–H and O–H groups in total. The van der Waals surface area contributed by atoms with Crippen molar-refractivity contribution in [1.29, 1.82) is 0 Å². The fraction of sp³-hybridized carbons (Fsp3) is 0.391. The second-order valence-electron chi connectivity index (χ2n) is 8.10. The molecule has 0 bridgehead atoms. The molecular weight excluding hydrogens is 541 g/mol. The van der Waals surface area contributed by atoms with Crippen LogP contribution in [0.1, 0.15) is 31.9 Å². The Labute approximate surface area is 204 Å². The summed E-state index contributed by atoms with van der Waals surface area (Å²) in [6.07, 6.45) is 1.07. The third-order valence-corrected chi connectivity index (χ3v) is 6.69. The van der Waals surface area contributed by atoms with Crippen molar-refractivity contribution in [2.75, 3.05) is 17.1 Å². The number of nitrogens with one attached hydrogen (secondary N) is 1. The molecule has 0 radical (unpaired) electrons. The van der Waals surface area contributed by atoms with Gasteiger partial charge in [0.1, 0.15) is 12.6 Å². The predicted molar refractivity (Wildman–Crippen MR) is 136 cm³/mol. The van der Waals surface area contributed by atoms with Gasteiger partial charge in [-0.05, 0) is 80.1 Å². The molecule has 0 fully saturated rings. The molecule has 2 aromatic rings. The van der Waals surface area contributed by atoms with Crippen LogP contribution in [0.2, 0.25) is 0 Å². The van der Waals surface area contributed by atoms with E-state index in [2.05, 4.69) is 27.9 Å². The van der Waals surface area contributed by atoms with Crippen molar-refractivity contribution >= 4 is 50.1 Å². The minimum Gasteiger partial charge on any atom is -0.352 e. The third-order valence-electron chi connectivity index (χ3n) is 4.83. The number of anilines is 1. The van der Waals surface area contributed by atoms with E-state index in [0.717, 1.165) is 25.3 Å². The molecule has 2 amide bonds. The molecule has 7 nitrogen and oxygen atoms in total. The first kappa shape index (κ1) is 26.1. The minimum atomic E-state index is -3.72. The first-order chi connectivity index (χ1) is 14.9. The zero-order valence-corrected chi connectivity index (χ0v) is 22.0. The van der Waals surface area contributed by atoms with Crippen LogP contribution in [0.5, 0.6) is 0 Å². The molecule has 9 heteroatoms. The number of carbonyl (C=O) groups excluding carboxylic acids is 2. The molecule has 2 aromatic carbocycles. The summed E-state index contributed by atoms with van der Waals surface area (Å²) in [4.78, 5) is 27.5. The van der Waals surface area contributed by atoms with Gasteiger partial charge in [0.2, 0.25) is 21.8 Å². The largest absolute Gasteiger partial charge is 0.352 e. The monoisotopic (exact) mass is 571 g/mol. The van der Waals surface area contributed by atoms with Crippen LogP contribution < -0.4 is 9.62 Å². The van der Waals surface area contributed by atoms with Crippen molar-refractivity contribution in [3.63, 3.8) is 0 Å². The fourth-order valence-electron chi connectivity index (χ4n) is 3.22. The minimum absolute atomic E-state index is 0.0832. The lowest BCUT2D eigenvalue weighted by Crippen LogP contribution is -2.52. The SMILES string of the molecule is Cc1cccc(CN(C(=O)CN(c2ccc(I)cc2)S(C)(=O)=O)[C@H](C)C(=O)NC(C)C)c1. The van der Waals surface area contributed by atoms with Crippen molar-refractivity contribution in [3.05, 3.63) is 63.2 Å². The molecule has 2 rings (SSSR count). The molecule has 1 atom stereocenters. The molecule has 0 aliphatic heterocycles. The number of halogens is 1. The molecule has 0 unspecified atom stereocenters. The first-order valence-electron chi connectivity index (χ1n) is 10.3. The zero-order valence-electron chi connectivity index (χ0n) is 19.0. The van der Waals surface area contributed by atoms with Crippen molar-refractivity contribution < 1.29 is 18.0 Å². The molecule has 32 heavy (non-hydrogen) atoms. The van der Waals surface area contributed by atoms with Gasteiger partial charge in [-0.15, -0.1) is 0 Å². The van der Waals surface area contributed by atoms with Crippen LogP contribution >= 0.6 is 22.6 Å². The van der Waals surface area contributed by atoms with Gasteiger partial charge >= 0.3 is 0 Å². The van der Waals surface area contributed by atoms with Crippen LogP contribution in [0.4, 0.5) is 5.69 Å². The van der Waals surface area contributed by atoms with Crippen molar-refractivity contribution in [2.45, 2.75) is 46.3 Å². The highest BCUT2D eigenvalue weighted by molar-refractivity contribution is 14.1. The van der Waals surface area contributed by atoms with Crippen molar-refractivity contribution in [2.24, 2.45) is 0 Å². The molecule has 0 aliphatic rings. The van der Waals surface area contributed by atoms with Crippen LogP contribution in [0.15, 0.2) is 48.5 Å². The van der Waals surface area contributed by atoms with E-state index in [-0.39, 0.29) is 18.5 Å². The smallest absolute Gasteiger partial charge is 0.244 e. The van der Waals surface area contributed by atoms with E-state index < -0.39 is 28.5 Å². The lowest BCUT2D eigenvalue weighted by Gasteiger charge is -2.32. The Hall–Kier alpha value is -2.14. The number of hydrogen-bond donors (Lipinski definition) is 1. The van der Waals surface area contributed by atoms with Crippen molar-refractivity contribution in [3.8, 4) is 0 Å². The maximum atomic E-state index is 13.4. The Balaban J connectivity index is 2.38. The predicted octanol–water partition coefficient (Wildman–Crippen LogP) is 3.31. The van der Waals surface area contributed by atoms with E-state index in [4.69, 9.17) is 0 Å². The van der Waals surface area contributed by atoms with Crippen LogP contribution in [-0.4, -0.2) is 50.0 Å². The van der Waals surface area contributed by atoms with Gasteiger partial charge in [-0.3, -0.25) is 13.9 Å². The van der Waals surface area contributed by atoms with E-state index in [9.17, 15) is 18.0 Å². The van der Waals surface area contributed by atoms with Gasteiger partial charge in [0, 0.05) is 16.2 Å². The van der Waals surface area contributed by atoms with E-state index in [0.29, 0.717) is 5.69 Å². The summed E-state index contributed by atoms with van der Waals surface area (Å²) in [7, 11) is -3.72. The lowest BCUT2D eigenvalue weighted by molar-refractivity contribution is -0.139. The maximum absolute atomic E-state index is 13.4. The van der Waals surface area contributed by atoms with E-state index in [1.54, 1.807) is 31.2 Å². The van der Waals surface area contributed by atoms with Gasteiger partial charge in [-0.1, -0.05) is 29.8 Å². The zero-order chi connectivity index (χ0) is 24.1. The average molecular weight is 571 g/mol. The summed E-state index contributed by atoms with van der Waals surface area (Å²) >= 11 is 2.13. The highest BCUT2D eigenvalue weighted by Gasteiger charge is 2.30. The number of carbonyl (C=O) groups is 2. The summed E-state index contributed by atoms with van der Waals surface area (Å²) in [5.41, 5.74) is 2.30. The molecular formula is C23H30IN3O4S. The second-order valence-corrected chi connectivity index (χ2v) is 11.2. The van der Waals surface area contributed by atoms with Crippen molar-refractivity contribution in [1.82, 2.24) is 10.2 Å². The first-order valence-corrected chi connectivity index (χ1v) is 13.2. The van der Waals surface area contributed by atoms with Crippen LogP contribution in [0.3, 0.4) is 0 Å². The molecule has 0 saturated carbocycles. The van der Waals surface area contributed by atoms with Gasteiger partial charge in [0.25, 0.3) is 0 Å². The Morgan fingerprint density at radius 3 is 2.22 bits per heavy atom. The molecule has 174 valence electrons.